The standard InChI is InChI=1S/C11H11FO2/c12-9-2-1-8-3-6-14-11(8)5-4-10(9,11)7-13/h2,4-5,7-8H,1,3,6H2. The zero-order chi connectivity index (χ0) is 9.81. The number of hydrogen-bond donors (Lipinski definition) is 0. The maximum atomic E-state index is 13.7. The van der Waals surface area contributed by atoms with Crippen molar-refractivity contribution in [1.29, 1.82) is 0 Å². The molecule has 3 rings (SSSR count). The lowest BCUT2D eigenvalue weighted by molar-refractivity contribution is -0.133. The molecule has 1 aliphatic heterocycles. The van der Waals surface area contributed by atoms with Crippen molar-refractivity contribution in [3.8, 4) is 0 Å². The van der Waals surface area contributed by atoms with Gasteiger partial charge in [0.05, 0.1) is 0 Å². The molecule has 0 amide bonds. The quantitative estimate of drug-likeness (QED) is 0.469. The van der Waals surface area contributed by atoms with E-state index < -0.39 is 11.0 Å². The normalized spacial score (nSPS) is 48.9. The molecule has 1 heterocycles. The summed E-state index contributed by atoms with van der Waals surface area (Å²) in [6.07, 6.45) is 7.32. The summed E-state index contributed by atoms with van der Waals surface area (Å²) in [4.78, 5) is 11.1. The van der Waals surface area contributed by atoms with Gasteiger partial charge >= 0.3 is 0 Å². The van der Waals surface area contributed by atoms with Crippen LogP contribution in [0.1, 0.15) is 12.8 Å². The topological polar surface area (TPSA) is 26.3 Å². The van der Waals surface area contributed by atoms with E-state index >= 15 is 0 Å². The number of carbonyl (C=O) groups is 1. The van der Waals surface area contributed by atoms with Gasteiger partial charge in [0.15, 0.2) is 0 Å². The molecule has 0 aromatic rings. The zero-order valence-electron chi connectivity index (χ0n) is 7.70. The molecule has 74 valence electrons. The first-order valence-electron chi connectivity index (χ1n) is 4.92. The Balaban J connectivity index is 2.17. The van der Waals surface area contributed by atoms with Crippen molar-refractivity contribution in [2.45, 2.75) is 18.4 Å². The molecule has 3 heteroatoms. The van der Waals surface area contributed by atoms with Gasteiger partial charge in [-0.2, -0.15) is 0 Å². The van der Waals surface area contributed by atoms with Crippen LogP contribution >= 0.6 is 0 Å². The van der Waals surface area contributed by atoms with Gasteiger partial charge in [-0.3, -0.25) is 0 Å². The predicted octanol–water partition coefficient (Wildman–Crippen LogP) is 1.77. The van der Waals surface area contributed by atoms with Crippen LogP contribution in [0.25, 0.3) is 0 Å². The predicted molar refractivity (Wildman–Crippen MR) is 48.2 cm³/mol. The summed E-state index contributed by atoms with van der Waals surface area (Å²) in [5.74, 6) is -0.0645. The Morgan fingerprint density at radius 3 is 3.07 bits per heavy atom. The van der Waals surface area contributed by atoms with Crippen molar-refractivity contribution in [2.75, 3.05) is 6.61 Å². The summed E-state index contributed by atoms with van der Waals surface area (Å²) in [7, 11) is 0. The van der Waals surface area contributed by atoms with Crippen molar-refractivity contribution >= 4 is 6.29 Å². The average Bonchev–Trinajstić information content (AvgIpc) is 2.59. The van der Waals surface area contributed by atoms with Crippen molar-refractivity contribution < 1.29 is 13.9 Å². The van der Waals surface area contributed by atoms with Gasteiger partial charge in [0.1, 0.15) is 23.1 Å². The molecule has 1 saturated heterocycles. The number of rotatable bonds is 1. The van der Waals surface area contributed by atoms with E-state index in [9.17, 15) is 9.18 Å². The van der Waals surface area contributed by atoms with Gasteiger partial charge in [0, 0.05) is 6.61 Å². The third-order valence-corrected chi connectivity index (χ3v) is 3.82. The first kappa shape index (κ1) is 8.36. The van der Waals surface area contributed by atoms with Gasteiger partial charge in [-0.15, -0.1) is 0 Å². The molecular formula is C11H11FO2. The summed E-state index contributed by atoms with van der Waals surface area (Å²) < 4.78 is 19.3. The van der Waals surface area contributed by atoms with Crippen LogP contribution in [0, 0.1) is 11.3 Å². The summed E-state index contributed by atoms with van der Waals surface area (Å²) in [6.45, 7) is 0.631. The van der Waals surface area contributed by atoms with Gasteiger partial charge in [0.2, 0.25) is 0 Å². The van der Waals surface area contributed by atoms with Crippen LogP contribution in [-0.2, 0) is 9.53 Å². The molecule has 0 bridgehead atoms. The summed E-state index contributed by atoms with van der Waals surface area (Å²) in [6, 6.07) is 0. The highest BCUT2D eigenvalue weighted by atomic mass is 19.1. The second-order valence-electron chi connectivity index (χ2n) is 4.24. The smallest absolute Gasteiger partial charge is 0.140 e. The monoisotopic (exact) mass is 194 g/mol. The third-order valence-electron chi connectivity index (χ3n) is 3.82. The van der Waals surface area contributed by atoms with Gasteiger partial charge in [-0.05, 0) is 18.8 Å². The van der Waals surface area contributed by atoms with Crippen molar-refractivity contribution in [3.63, 3.8) is 0 Å². The molecule has 3 atom stereocenters. The van der Waals surface area contributed by atoms with Crippen molar-refractivity contribution in [3.05, 3.63) is 24.1 Å². The van der Waals surface area contributed by atoms with Gasteiger partial charge in [-0.25, -0.2) is 4.39 Å². The fourth-order valence-corrected chi connectivity index (χ4v) is 2.93. The van der Waals surface area contributed by atoms with E-state index in [4.69, 9.17) is 4.74 Å². The number of carbonyl (C=O) groups excluding carboxylic acids is 1. The van der Waals surface area contributed by atoms with Crippen LogP contribution in [0.15, 0.2) is 24.1 Å². The molecule has 2 nitrogen and oxygen atoms in total. The van der Waals surface area contributed by atoms with E-state index in [-0.39, 0.29) is 11.7 Å². The van der Waals surface area contributed by atoms with E-state index in [0.29, 0.717) is 19.3 Å². The molecule has 0 aromatic heterocycles. The van der Waals surface area contributed by atoms with Crippen LogP contribution in [0.5, 0.6) is 0 Å². The number of allylic oxidation sites excluding steroid dienone is 1. The van der Waals surface area contributed by atoms with E-state index in [1.54, 1.807) is 6.08 Å². The Bertz CT molecular complexity index is 360. The minimum Gasteiger partial charge on any atom is -0.369 e. The van der Waals surface area contributed by atoms with Crippen LogP contribution in [0.2, 0.25) is 0 Å². The number of ether oxygens (including phenoxy) is 1. The van der Waals surface area contributed by atoms with Crippen LogP contribution in [0.4, 0.5) is 4.39 Å². The van der Waals surface area contributed by atoms with Gasteiger partial charge in [-0.1, -0.05) is 18.2 Å². The Labute approximate surface area is 81.4 Å². The van der Waals surface area contributed by atoms with Gasteiger partial charge in [0.25, 0.3) is 0 Å². The number of hydrogen-bond acceptors (Lipinski definition) is 2. The van der Waals surface area contributed by atoms with Crippen LogP contribution in [-0.4, -0.2) is 18.5 Å². The lowest BCUT2D eigenvalue weighted by atomic mass is 9.55. The molecule has 0 N–H and O–H groups in total. The summed E-state index contributed by atoms with van der Waals surface area (Å²) in [5.41, 5.74) is -1.74. The van der Waals surface area contributed by atoms with Crippen molar-refractivity contribution in [1.82, 2.24) is 0 Å². The Morgan fingerprint density at radius 1 is 1.57 bits per heavy atom. The fourth-order valence-electron chi connectivity index (χ4n) is 2.93. The maximum Gasteiger partial charge on any atom is 0.140 e. The van der Waals surface area contributed by atoms with E-state index in [0.717, 1.165) is 6.42 Å². The maximum absolute atomic E-state index is 13.7. The van der Waals surface area contributed by atoms with E-state index in [1.807, 2.05) is 6.08 Å². The molecule has 1 fully saturated rings. The van der Waals surface area contributed by atoms with E-state index in [2.05, 4.69) is 0 Å². The highest BCUT2D eigenvalue weighted by Crippen LogP contribution is 2.60. The fraction of sp³-hybridized carbons (Fsp3) is 0.545. The lowest BCUT2D eigenvalue weighted by Crippen LogP contribution is -2.58. The number of aldehydes is 1. The first-order valence-corrected chi connectivity index (χ1v) is 4.92. The molecule has 0 saturated carbocycles. The van der Waals surface area contributed by atoms with E-state index in [1.165, 1.54) is 6.08 Å². The highest BCUT2D eigenvalue weighted by Gasteiger charge is 2.65. The Hall–Kier alpha value is -0.960. The molecule has 0 radical (unpaired) electrons. The average molecular weight is 194 g/mol. The Morgan fingerprint density at radius 2 is 2.43 bits per heavy atom. The minimum absolute atomic E-state index is 0.275. The van der Waals surface area contributed by atoms with Crippen LogP contribution in [0.3, 0.4) is 0 Å². The molecule has 3 aliphatic rings. The molecule has 3 unspecified atom stereocenters. The molecule has 1 spiro atoms. The third kappa shape index (κ3) is 0.630. The molecule has 0 aromatic carbocycles. The highest BCUT2D eigenvalue weighted by molar-refractivity contribution is 5.76. The zero-order valence-corrected chi connectivity index (χ0v) is 7.70. The number of halogens is 1. The SMILES string of the molecule is O=CC12C=CC13OCCC3CC=C2F. The molecular weight excluding hydrogens is 183 g/mol. The molecule has 2 aliphatic carbocycles. The minimum atomic E-state index is -1.09. The first-order chi connectivity index (χ1) is 6.75. The molecule has 14 heavy (non-hydrogen) atoms. The van der Waals surface area contributed by atoms with Crippen molar-refractivity contribution in [2.24, 2.45) is 11.3 Å². The largest absolute Gasteiger partial charge is 0.369 e. The summed E-state index contributed by atoms with van der Waals surface area (Å²) in [5, 5.41) is 0. The van der Waals surface area contributed by atoms with Gasteiger partial charge < -0.3 is 9.53 Å². The lowest BCUT2D eigenvalue weighted by Gasteiger charge is -2.51. The summed E-state index contributed by atoms with van der Waals surface area (Å²) >= 11 is 0. The second kappa shape index (κ2) is 2.34. The Kier molecular flexibility index (Phi) is 1.40. The van der Waals surface area contributed by atoms with Crippen LogP contribution < -0.4 is 0 Å². The second-order valence-corrected chi connectivity index (χ2v) is 4.24.